The van der Waals surface area contributed by atoms with Gasteiger partial charge in [-0.05, 0) is 23.6 Å². The summed E-state index contributed by atoms with van der Waals surface area (Å²) in [6.45, 7) is 1.68. The van der Waals surface area contributed by atoms with Crippen LogP contribution in [-0.4, -0.2) is 22.2 Å². The van der Waals surface area contributed by atoms with E-state index in [9.17, 15) is 4.79 Å². The molecule has 1 aromatic heterocycles. The number of aromatic nitrogens is 2. The van der Waals surface area contributed by atoms with E-state index >= 15 is 0 Å². The largest absolute Gasteiger partial charge is 0.365 e. The molecule has 0 bridgehead atoms. The molecular weight excluding hydrogens is 326 g/mol. The van der Waals surface area contributed by atoms with E-state index in [1.165, 1.54) is 5.56 Å². The van der Waals surface area contributed by atoms with Crippen molar-refractivity contribution in [2.75, 3.05) is 6.54 Å². The van der Waals surface area contributed by atoms with Crippen LogP contribution in [0.2, 0.25) is 0 Å². The second-order valence-electron chi connectivity index (χ2n) is 6.40. The van der Waals surface area contributed by atoms with Gasteiger partial charge in [-0.25, -0.2) is 0 Å². The summed E-state index contributed by atoms with van der Waals surface area (Å²) in [7, 11) is 0. The molecule has 2 aromatic carbocycles. The van der Waals surface area contributed by atoms with Gasteiger partial charge in [-0.3, -0.25) is 9.48 Å². The van der Waals surface area contributed by atoms with Crippen molar-refractivity contribution < 1.29 is 9.53 Å². The Bertz CT molecular complexity index is 875. The van der Waals surface area contributed by atoms with Gasteiger partial charge in [-0.2, -0.15) is 5.10 Å². The summed E-state index contributed by atoms with van der Waals surface area (Å²) in [6, 6.07) is 22.0. The average Bonchev–Trinajstić information content (AvgIpc) is 3.13. The van der Waals surface area contributed by atoms with E-state index in [1.54, 1.807) is 0 Å². The topological polar surface area (TPSA) is 56.2 Å². The van der Waals surface area contributed by atoms with Crippen LogP contribution in [0.1, 0.15) is 33.4 Å². The summed E-state index contributed by atoms with van der Waals surface area (Å²) >= 11 is 0. The van der Waals surface area contributed by atoms with Crippen molar-refractivity contribution in [2.24, 2.45) is 0 Å². The smallest absolute Gasteiger partial charge is 0.271 e. The normalized spacial score (nSPS) is 16.1. The SMILES string of the molecule is O=C(NCCc1ccccc1)c1cc2n(n1)C[C@H](c1ccccc1)OC2. The summed E-state index contributed by atoms with van der Waals surface area (Å²) in [5.74, 6) is -0.140. The first kappa shape index (κ1) is 16.5. The van der Waals surface area contributed by atoms with Crippen molar-refractivity contribution >= 4 is 5.91 Å². The Balaban J connectivity index is 1.37. The molecule has 0 fully saturated rings. The van der Waals surface area contributed by atoms with Gasteiger partial charge in [-0.15, -0.1) is 0 Å². The van der Waals surface area contributed by atoms with Gasteiger partial charge in [0.25, 0.3) is 5.91 Å². The Morgan fingerprint density at radius 1 is 1.12 bits per heavy atom. The monoisotopic (exact) mass is 347 g/mol. The fraction of sp³-hybridized carbons (Fsp3) is 0.238. The van der Waals surface area contributed by atoms with Crippen LogP contribution >= 0.6 is 0 Å². The number of carbonyl (C=O) groups is 1. The molecule has 1 N–H and O–H groups in total. The van der Waals surface area contributed by atoms with Crippen LogP contribution in [-0.2, 0) is 24.3 Å². The Morgan fingerprint density at radius 2 is 1.85 bits per heavy atom. The zero-order valence-electron chi connectivity index (χ0n) is 14.5. The van der Waals surface area contributed by atoms with E-state index in [1.807, 2.05) is 47.1 Å². The fourth-order valence-corrected chi connectivity index (χ4v) is 3.16. The standard InChI is InChI=1S/C21H21N3O2/c25-21(22-12-11-16-7-3-1-4-8-16)19-13-18-15-26-20(14-24(18)23-19)17-9-5-2-6-10-17/h1-10,13,20H,11-12,14-15H2,(H,22,25)/t20-/m1/s1. The Morgan fingerprint density at radius 3 is 2.62 bits per heavy atom. The lowest BCUT2D eigenvalue weighted by Crippen LogP contribution is -2.26. The number of nitrogens with one attached hydrogen (secondary N) is 1. The first-order chi connectivity index (χ1) is 12.8. The molecule has 1 atom stereocenters. The predicted octanol–water partition coefficient (Wildman–Crippen LogP) is 3.13. The predicted molar refractivity (Wildman–Crippen MR) is 98.7 cm³/mol. The number of rotatable bonds is 5. The Hall–Kier alpha value is -2.92. The van der Waals surface area contributed by atoms with Gasteiger partial charge in [0.05, 0.1) is 18.8 Å². The van der Waals surface area contributed by atoms with Gasteiger partial charge >= 0.3 is 0 Å². The first-order valence-electron chi connectivity index (χ1n) is 8.85. The molecule has 2 heterocycles. The van der Waals surface area contributed by atoms with Crippen molar-refractivity contribution in [3.05, 3.63) is 89.2 Å². The van der Waals surface area contributed by atoms with E-state index in [0.29, 0.717) is 25.4 Å². The minimum absolute atomic E-state index is 0.0300. The molecule has 132 valence electrons. The molecule has 1 amide bonds. The summed E-state index contributed by atoms with van der Waals surface area (Å²) in [5, 5.41) is 7.42. The van der Waals surface area contributed by atoms with Gasteiger partial charge < -0.3 is 10.1 Å². The number of hydrogen-bond acceptors (Lipinski definition) is 3. The van der Waals surface area contributed by atoms with Crippen LogP contribution in [0.5, 0.6) is 0 Å². The highest BCUT2D eigenvalue weighted by atomic mass is 16.5. The lowest BCUT2D eigenvalue weighted by Gasteiger charge is -2.24. The number of fused-ring (bicyclic) bond motifs is 1. The molecular formula is C21H21N3O2. The molecule has 0 aliphatic carbocycles. The third-order valence-corrected chi connectivity index (χ3v) is 4.58. The van der Waals surface area contributed by atoms with Crippen molar-refractivity contribution in [1.82, 2.24) is 15.1 Å². The van der Waals surface area contributed by atoms with E-state index in [-0.39, 0.29) is 12.0 Å². The molecule has 0 spiro atoms. The van der Waals surface area contributed by atoms with Crippen LogP contribution < -0.4 is 5.32 Å². The number of benzene rings is 2. The maximum atomic E-state index is 12.4. The maximum absolute atomic E-state index is 12.4. The van der Waals surface area contributed by atoms with E-state index < -0.39 is 0 Å². The molecule has 4 rings (SSSR count). The van der Waals surface area contributed by atoms with Crippen molar-refractivity contribution in [1.29, 1.82) is 0 Å². The second kappa shape index (κ2) is 7.54. The third-order valence-electron chi connectivity index (χ3n) is 4.58. The third kappa shape index (κ3) is 3.68. The minimum Gasteiger partial charge on any atom is -0.365 e. The Labute approximate surface area is 152 Å². The molecule has 0 unspecified atom stereocenters. The van der Waals surface area contributed by atoms with Crippen LogP contribution in [0.25, 0.3) is 0 Å². The van der Waals surface area contributed by atoms with Crippen LogP contribution in [0.3, 0.4) is 0 Å². The van der Waals surface area contributed by atoms with Gasteiger partial charge in [-0.1, -0.05) is 60.7 Å². The average molecular weight is 347 g/mol. The number of ether oxygens (including phenoxy) is 1. The lowest BCUT2D eigenvalue weighted by atomic mass is 10.1. The van der Waals surface area contributed by atoms with Gasteiger partial charge in [0.1, 0.15) is 6.10 Å². The quantitative estimate of drug-likeness (QED) is 0.771. The molecule has 26 heavy (non-hydrogen) atoms. The van der Waals surface area contributed by atoms with E-state index in [2.05, 4.69) is 34.7 Å². The van der Waals surface area contributed by atoms with Crippen LogP contribution in [0.4, 0.5) is 0 Å². The van der Waals surface area contributed by atoms with Crippen molar-refractivity contribution in [2.45, 2.75) is 25.7 Å². The van der Waals surface area contributed by atoms with Gasteiger partial charge in [0.15, 0.2) is 5.69 Å². The zero-order chi connectivity index (χ0) is 17.8. The minimum atomic E-state index is -0.140. The van der Waals surface area contributed by atoms with Crippen molar-refractivity contribution in [3.63, 3.8) is 0 Å². The molecule has 1 aliphatic rings. The summed E-state index contributed by atoms with van der Waals surface area (Å²) < 4.78 is 7.81. The highest BCUT2D eigenvalue weighted by molar-refractivity contribution is 5.92. The summed E-state index contributed by atoms with van der Waals surface area (Å²) in [4.78, 5) is 12.4. The van der Waals surface area contributed by atoms with E-state index in [0.717, 1.165) is 17.7 Å². The van der Waals surface area contributed by atoms with Crippen LogP contribution in [0.15, 0.2) is 66.7 Å². The highest BCUT2D eigenvalue weighted by Gasteiger charge is 2.23. The number of hydrogen-bond donors (Lipinski definition) is 1. The fourth-order valence-electron chi connectivity index (χ4n) is 3.16. The molecule has 3 aromatic rings. The summed E-state index contributed by atoms with van der Waals surface area (Å²) in [6.07, 6.45) is 0.775. The summed E-state index contributed by atoms with van der Waals surface area (Å²) in [5.41, 5.74) is 3.72. The molecule has 1 aliphatic heterocycles. The lowest BCUT2D eigenvalue weighted by molar-refractivity contribution is -0.00119. The number of carbonyl (C=O) groups excluding carboxylic acids is 1. The van der Waals surface area contributed by atoms with Crippen LogP contribution in [0, 0.1) is 0 Å². The van der Waals surface area contributed by atoms with Crippen molar-refractivity contribution in [3.8, 4) is 0 Å². The second-order valence-corrected chi connectivity index (χ2v) is 6.40. The Kier molecular flexibility index (Phi) is 4.80. The van der Waals surface area contributed by atoms with Gasteiger partial charge in [0.2, 0.25) is 0 Å². The molecule has 0 saturated heterocycles. The highest BCUT2D eigenvalue weighted by Crippen LogP contribution is 2.26. The molecule has 5 nitrogen and oxygen atoms in total. The van der Waals surface area contributed by atoms with E-state index in [4.69, 9.17) is 4.74 Å². The first-order valence-corrected chi connectivity index (χ1v) is 8.85. The van der Waals surface area contributed by atoms with Gasteiger partial charge in [0, 0.05) is 6.54 Å². The number of nitrogens with zero attached hydrogens (tertiary/aromatic N) is 2. The number of amides is 1. The zero-order valence-corrected chi connectivity index (χ0v) is 14.5. The molecule has 5 heteroatoms. The molecule has 0 radical (unpaired) electrons. The maximum Gasteiger partial charge on any atom is 0.271 e. The molecule has 0 saturated carbocycles.